The van der Waals surface area contributed by atoms with Gasteiger partial charge in [-0.2, -0.15) is 5.10 Å². The summed E-state index contributed by atoms with van der Waals surface area (Å²) < 4.78 is 1.59. The lowest BCUT2D eigenvalue weighted by molar-refractivity contribution is -0.121. The number of carbonyl (C=O) groups is 1. The molecular formula is C13H16N4O. The first-order valence-corrected chi connectivity index (χ1v) is 5.81. The second-order valence-electron chi connectivity index (χ2n) is 4.12. The highest BCUT2D eigenvalue weighted by molar-refractivity contribution is 5.79. The van der Waals surface area contributed by atoms with Crippen molar-refractivity contribution in [3.63, 3.8) is 0 Å². The summed E-state index contributed by atoms with van der Waals surface area (Å²) in [4.78, 5) is 11.3. The lowest BCUT2D eigenvalue weighted by Crippen LogP contribution is -2.26. The third-order valence-corrected chi connectivity index (χ3v) is 2.91. The number of nitrogen functional groups attached to an aromatic ring is 1. The van der Waals surface area contributed by atoms with Gasteiger partial charge in [0, 0.05) is 23.0 Å². The third kappa shape index (κ3) is 2.20. The highest BCUT2D eigenvalue weighted by Crippen LogP contribution is 2.25. The first kappa shape index (κ1) is 12.2. The van der Waals surface area contributed by atoms with Crippen molar-refractivity contribution in [2.45, 2.75) is 19.4 Å². The Bertz CT molecular complexity index is 562. The van der Waals surface area contributed by atoms with Crippen LogP contribution in [-0.2, 0) is 4.79 Å². The van der Waals surface area contributed by atoms with Crippen LogP contribution in [0, 0.1) is 0 Å². The van der Waals surface area contributed by atoms with Crippen LogP contribution in [0.3, 0.4) is 0 Å². The van der Waals surface area contributed by atoms with E-state index in [1.54, 1.807) is 17.1 Å². The molecule has 0 bridgehead atoms. The molecule has 18 heavy (non-hydrogen) atoms. The van der Waals surface area contributed by atoms with Crippen LogP contribution in [0.15, 0.2) is 36.7 Å². The zero-order valence-corrected chi connectivity index (χ0v) is 10.2. The van der Waals surface area contributed by atoms with Gasteiger partial charge in [-0.05, 0) is 12.5 Å². The van der Waals surface area contributed by atoms with E-state index in [0.717, 1.165) is 11.1 Å². The molecule has 2 rings (SSSR count). The fraction of sp³-hybridized carbons (Fsp3) is 0.231. The van der Waals surface area contributed by atoms with Crippen molar-refractivity contribution in [1.29, 1.82) is 0 Å². The number of aromatic nitrogens is 2. The average Bonchev–Trinajstić information content (AvgIpc) is 2.79. The Hall–Kier alpha value is -2.30. The van der Waals surface area contributed by atoms with Gasteiger partial charge in [0.05, 0.1) is 6.20 Å². The highest BCUT2D eigenvalue weighted by atomic mass is 16.1. The van der Waals surface area contributed by atoms with Crippen molar-refractivity contribution in [2.75, 3.05) is 5.73 Å². The van der Waals surface area contributed by atoms with Gasteiger partial charge in [0.25, 0.3) is 0 Å². The molecule has 1 heterocycles. The maximum Gasteiger partial charge on any atom is 0.242 e. The van der Waals surface area contributed by atoms with Gasteiger partial charge in [-0.3, -0.25) is 9.48 Å². The molecule has 0 aliphatic rings. The number of hydrogen-bond donors (Lipinski definition) is 2. The van der Waals surface area contributed by atoms with Crippen LogP contribution in [-0.4, -0.2) is 15.7 Å². The zero-order chi connectivity index (χ0) is 13.1. The summed E-state index contributed by atoms with van der Waals surface area (Å²) in [6.45, 7) is 1.90. The molecule has 0 aliphatic carbocycles. The molecule has 1 atom stereocenters. The molecular weight excluding hydrogens is 228 g/mol. The molecule has 2 aromatic rings. The molecule has 0 saturated carbocycles. The summed E-state index contributed by atoms with van der Waals surface area (Å²) in [7, 11) is 0. The number of rotatable bonds is 4. The first-order valence-electron chi connectivity index (χ1n) is 5.81. The van der Waals surface area contributed by atoms with Crippen molar-refractivity contribution in [3.8, 4) is 11.1 Å². The Morgan fingerprint density at radius 1 is 1.44 bits per heavy atom. The van der Waals surface area contributed by atoms with Crippen LogP contribution in [0.2, 0.25) is 0 Å². The van der Waals surface area contributed by atoms with Crippen LogP contribution in [0.1, 0.15) is 19.4 Å². The van der Waals surface area contributed by atoms with Gasteiger partial charge in [0.1, 0.15) is 6.04 Å². The van der Waals surface area contributed by atoms with Crippen molar-refractivity contribution < 1.29 is 4.79 Å². The minimum absolute atomic E-state index is 0.381. The summed E-state index contributed by atoms with van der Waals surface area (Å²) in [5.74, 6) is -0.381. The molecule has 0 fully saturated rings. The number of nitrogens with two attached hydrogens (primary N) is 2. The molecule has 1 unspecified atom stereocenters. The van der Waals surface area contributed by atoms with Gasteiger partial charge >= 0.3 is 0 Å². The molecule has 1 aromatic heterocycles. The van der Waals surface area contributed by atoms with Gasteiger partial charge in [0.15, 0.2) is 0 Å². The molecule has 1 aromatic carbocycles. The highest BCUT2D eigenvalue weighted by Gasteiger charge is 2.16. The fourth-order valence-corrected chi connectivity index (χ4v) is 1.93. The number of para-hydroxylation sites is 1. The van der Waals surface area contributed by atoms with Gasteiger partial charge in [-0.25, -0.2) is 0 Å². The first-order chi connectivity index (χ1) is 8.63. The number of amides is 1. The van der Waals surface area contributed by atoms with Crippen LogP contribution in [0.4, 0.5) is 5.69 Å². The Morgan fingerprint density at radius 3 is 2.78 bits per heavy atom. The Morgan fingerprint density at radius 2 is 2.17 bits per heavy atom. The van der Waals surface area contributed by atoms with E-state index in [9.17, 15) is 4.79 Å². The monoisotopic (exact) mass is 244 g/mol. The van der Waals surface area contributed by atoms with E-state index in [1.165, 1.54) is 0 Å². The quantitative estimate of drug-likeness (QED) is 0.800. The number of benzene rings is 1. The molecule has 1 amide bonds. The largest absolute Gasteiger partial charge is 0.398 e. The fourth-order valence-electron chi connectivity index (χ4n) is 1.93. The number of carbonyl (C=O) groups excluding carboxylic acids is 1. The summed E-state index contributed by atoms with van der Waals surface area (Å²) in [5, 5.41) is 4.19. The van der Waals surface area contributed by atoms with Crippen LogP contribution in [0.5, 0.6) is 0 Å². The van der Waals surface area contributed by atoms with E-state index in [-0.39, 0.29) is 5.91 Å². The van der Waals surface area contributed by atoms with E-state index in [0.29, 0.717) is 12.1 Å². The van der Waals surface area contributed by atoms with Gasteiger partial charge in [0.2, 0.25) is 5.91 Å². The summed E-state index contributed by atoms with van der Waals surface area (Å²) in [5.41, 5.74) is 13.7. The molecule has 0 spiro atoms. The van der Waals surface area contributed by atoms with Crippen molar-refractivity contribution in [3.05, 3.63) is 36.7 Å². The smallest absolute Gasteiger partial charge is 0.242 e. The maximum absolute atomic E-state index is 11.3. The van der Waals surface area contributed by atoms with Crippen molar-refractivity contribution >= 4 is 11.6 Å². The van der Waals surface area contributed by atoms with Crippen molar-refractivity contribution in [2.24, 2.45) is 5.73 Å². The van der Waals surface area contributed by atoms with E-state index in [1.807, 2.05) is 31.2 Å². The SMILES string of the molecule is CCC(C(N)=O)n1cc(-c2ccccc2N)cn1. The topological polar surface area (TPSA) is 86.9 Å². The zero-order valence-electron chi connectivity index (χ0n) is 10.2. The lowest BCUT2D eigenvalue weighted by atomic mass is 10.1. The molecule has 4 N–H and O–H groups in total. The molecule has 0 aliphatic heterocycles. The third-order valence-electron chi connectivity index (χ3n) is 2.91. The predicted octanol–water partition coefficient (Wildman–Crippen LogP) is 1.57. The maximum atomic E-state index is 11.3. The Kier molecular flexibility index (Phi) is 3.32. The minimum Gasteiger partial charge on any atom is -0.398 e. The number of hydrogen-bond acceptors (Lipinski definition) is 3. The summed E-state index contributed by atoms with van der Waals surface area (Å²) in [6.07, 6.45) is 4.10. The van der Waals surface area contributed by atoms with E-state index >= 15 is 0 Å². The van der Waals surface area contributed by atoms with Crippen LogP contribution >= 0.6 is 0 Å². The standard InChI is InChI=1S/C13H16N4O/c1-2-12(13(15)18)17-8-9(7-16-17)10-5-3-4-6-11(10)14/h3-8,12H,2,14H2,1H3,(H2,15,18). The average molecular weight is 244 g/mol. The van der Waals surface area contributed by atoms with Crippen LogP contribution in [0.25, 0.3) is 11.1 Å². The predicted molar refractivity (Wildman–Crippen MR) is 70.6 cm³/mol. The summed E-state index contributed by atoms with van der Waals surface area (Å²) >= 11 is 0. The molecule has 94 valence electrons. The van der Waals surface area contributed by atoms with Gasteiger partial charge < -0.3 is 11.5 Å². The summed E-state index contributed by atoms with van der Waals surface area (Å²) in [6, 6.07) is 7.12. The number of primary amides is 1. The van der Waals surface area contributed by atoms with Crippen LogP contribution < -0.4 is 11.5 Å². The van der Waals surface area contributed by atoms with E-state index < -0.39 is 6.04 Å². The second kappa shape index (κ2) is 4.91. The lowest BCUT2D eigenvalue weighted by Gasteiger charge is -2.10. The minimum atomic E-state index is -0.413. The normalized spacial score (nSPS) is 12.3. The molecule has 5 heteroatoms. The van der Waals surface area contributed by atoms with Gasteiger partial charge in [-0.1, -0.05) is 25.1 Å². The number of anilines is 1. The Labute approximate surface area is 105 Å². The van der Waals surface area contributed by atoms with Crippen molar-refractivity contribution in [1.82, 2.24) is 9.78 Å². The van der Waals surface area contributed by atoms with E-state index in [4.69, 9.17) is 11.5 Å². The molecule has 5 nitrogen and oxygen atoms in total. The molecule has 0 radical (unpaired) electrons. The number of nitrogens with zero attached hydrogens (tertiary/aromatic N) is 2. The van der Waals surface area contributed by atoms with Gasteiger partial charge in [-0.15, -0.1) is 0 Å². The Balaban J connectivity index is 2.36. The second-order valence-corrected chi connectivity index (χ2v) is 4.12. The van der Waals surface area contributed by atoms with E-state index in [2.05, 4.69) is 5.10 Å². The molecule has 0 saturated heterocycles.